The molecule has 1 aliphatic rings. The van der Waals surface area contributed by atoms with Crippen LogP contribution in [-0.4, -0.2) is 55.8 Å². The number of tetrazole rings is 1. The number of hydrogen-bond acceptors (Lipinski definition) is 7. The van der Waals surface area contributed by atoms with Gasteiger partial charge < -0.3 is 5.32 Å². The summed E-state index contributed by atoms with van der Waals surface area (Å²) in [5.74, 6) is 0.130. The fourth-order valence-corrected chi connectivity index (χ4v) is 5.31. The predicted molar refractivity (Wildman–Crippen MR) is 105 cm³/mol. The zero-order valence-electron chi connectivity index (χ0n) is 16.1. The molecule has 29 heavy (non-hydrogen) atoms. The molecule has 0 spiro atoms. The molecule has 3 heterocycles. The Morgan fingerprint density at radius 3 is 2.62 bits per heavy atom. The van der Waals surface area contributed by atoms with Crippen molar-refractivity contribution >= 4 is 21.4 Å². The lowest BCUT2D eigenvalue weighted by molar-refractivity contribution is -0.115. The van der Waals surface area contributed by atoms with Crippen molar-refractivity contribution in [2.75, 3.05) is 16.8 Å². The van der Waals surface area contributed by atoms with E-state index in [0.717, 1.165) is 22.6 Å². The van der Waals surface area contributed by atoms with E-state index < -0.39 is 9.84 Å². The number of carbonyl (C=O) groups excluding carboxylic acids is 1. The first kappa shape index (κ1) is 19.2. The monoisotopic (exact) mass is 415 g/mol. The molecule has 0 saturated carbocycles. The Kier molecular flexibility index (Phi) is 4.91. The van der Waals surface area contributed by atoms with Gasteiger partial charge in [0.2, 0.25) is 5.91 Å². The number of nitrogens with zero attached hydrogens (tertiary/aromatic N) is 6. The normalized spacial score (nSPS) is 18.1. The SMILES string of the molecule is Cc1nn([C@@H]2CCS(=O)(=O)C2)c(C)c1CC(=O)Nc1ccc(-n2cnnn2)cc1. The Hall–Kier alpha value is -3.08. The number of nitrogens with one attached hydrogen (secondary N) is 1. The number of aryl methyl sites for hydroxylation is 1. The van der Waals surface area contributed by atoms with Gasteiger partial charge in [0.05, 0.1) is 35.3 Å². The van der Waals surface area contributed by atoms with Gasteiger partial charge in [0.15, 0.2) is 9.84 Å². The molecule has 1 aliphatic heterocycles. The van der Waals surface area contributed by atoms with E-state index in [1.54, 1.807) is 28.9 Å². The fraction of sp³-hybridized carbons (Fsp3) is 0.389. The van der Waals surface area contributed by atoms with Crippen LogP contribution in [0, 0.1) is 13.8 Å². The minimum Gasteiger partial charge on any atom is -0.326 e. The zero-order chi connectivity index (χ0) is 20.6. The summed E-state index contributed by atoms with van der Waals surface area (Å²) < 4.78 is 26.9. The molecule has 1 atom stereocenters. The third-order valence-corrected chi connectivity index (χ3v) is 6.88. The first-order chi connectivity index (χ1) is 13.8. The van der Waals surface area contributed by atoms with Gasteiger partial charge in [0, 0.05) is 16.9 Å². The van der Waals surface area contributed by atoms with Crippen LogP contribution in [0.25, 0.3) is 5.69 Å². The molecule has 1 aromatic carbocycles. The molecule has 3 aromatic rings. The van der Waals surface area contributed by atoms with Crippen molar-refractivity contribution < 1.29 is 13.2 Å². The summed E-state index contributed by atoms with van der Waals surface area (Å²) in [6.45, 7) is 3.73. The topological polar surface area (TPSA) is 125 Å². The molecule has 2 aromatic heterocycles. The average Bonchev–Trinajstić information content (AvgIpc) is 3.39. The number of sulfone groups is 1. The van der Waals surface area contributed by atoms with E-state index in [1.165, 1.54) is 11.0 Å². The molecule has 1 amide bonds. The van der Waals surface area contributed by atoms with E-state index in [2.05, 4.69) is 25.9 Å². The highest BCUT2D eigenvalue weighted by Gasteiger charge is 2.31. The molecular weight excluding hydrogens is 394 g/mol. The third-order valence-electron chi connectivity index (χ3n) is 5.13. The molecular formula is C18H21N7O3S. The second-order valence-electron chi connectivity index (χ2n) is 7.18. The molecule has 0 unspecified atom stereocenters. The number of amides is 1. The number of hydrogen-bond donors (Lipinski definition) is 1. The lowest BCUT2D eigenvalue weighted by atomic mass is 10.1. The third kappa shape index (κ3) is 4.04. The second kappa shape index (κ2) is 7.39. The van der Waals surface area contributed by atoms with Gasteiger partial charge in [-0.2, -0.15) is 5.10 Å². The van der Waals surface area contributed by atoms with Gasteiger partial charge in [-0.1, -0.05) is 0 Å². The van der Waals surface area contributed by atoms with Gasteiger partial charge in [0.25, 0.3) is 0 Å². The smallest absolute Gasteiger partial charge is 0.228 e. The van der Waals surface area contributed by atoms with Crippen molar-refractivity contribution in [1.29, 1.82) is 0 Å². The van der Waals surface area contributed by atoms with Crippen LogP contribution in [0.1, 0.15) is 29.4 Å². The number of anilines is 1. The lowest BCUT2D eigenvalue weighted by Gasteiger charge is -2.11. The first-order valence-corrected chi connectivity index (χ1v) is 11.0. The molecule has 4 rings (SSSR count). The van der Waals surface area contributed by atoms with Crippen molar-refractivity contribution in [3.63, 3.8) is 0 Å². The molecule has 1 N–H and O–H groups in total. The molecule has 1 fully saturated rings. The minimum absolute atomic E-state index is 0.105. The molecule has 11 heteroatoms. The quantitative estimate of drug-likeness (QED) is 0.659. The summed E-state index contributed by atoms with van der Waals surface area (Å²) in [4.78, 5) is 12.6. The highest BCUT2D eigenvalue weighted by Crippen LogP contribution is 2.27. The molecule has 0 radical (unpaired) electrons. The lowest BCUT2D eigenvalue weighted by Crippen LogP contribution is -2.16. The maximum absolute atomic E-state index is 12.6. The standard InChI is InChI=1S/C18H21N7O3S/c1-12-17(13(2)25(21-12)16-7-8-29(27,28)10-16)9-18(26)20-14-3-5-15(6-4-14)24-11-19-22-23-24/h3-6,11,16H,7-10H2,1-2H3,(H,20,26)/t16-/m1/s1. The van der Waals surface area contributed by atoms with Gasteiger partial charge in [-0.05, 0) is 55.0 Å². The van der Waals surface area contributed by atoms with E-state index in [9.17, 15) is 13.2 Å². The van der Waals surface area contributed by atoms with Gasteiger partial charge in [-0.3, -0.25) is 9.48 Å². The summed E-state index contributed by atoms with van der Waals surface area (Å²) in [5.41, 5.74) is 3.87. The van der Waals surface area contributed by atoms with Crippen molar-refractivity contribution in [1.82, 2.24) is 30.0 Å². The van der Waals surface area contributed by atoms with Crippen molar-refractivity contribution in [2.45, 2.75) is 32.7 Å². The largest absolute Gasteiger partial charge is 0.326 e. The fourth-order valence-electron chi connectivity index (χ4n) is 3.62. The maximum Gasteiger partial charge on any atom is 0.228 e. The molecule has 0 aliphatic carbocycles. The molecule has 0 bridgehead atoms. The Bertz CT molecular complexity index is 1140. The van der Waals surface area contributed by atoms with E-state index in [4.69, 9.17) is 0 Å². The first-order valence-electron chi connectivity index (χ1n) is 9.21. The van der Waals surface area contributed by atoms with Crippen LogP contribution in [0.15, 0.2) is 30.6 Å². The summed E-state index contributed by atoms with van der Waals surface area (Å²) in [6.07, 6.45) is 2.22. The van der Waals surface area contributed by atoms with Crippen LogP contribution in [0.4, 0.5) is 5.69 Å². The summed E-state index contributed by atoms with van der Waals surface area (Å²) >= 11 is 0. The van der Waals surface area contributed by atoms with E-state index >= 15 is 0 Å². The van der Waals surface area contributed by atoms with Crippen LogP contribution >= 0.6 is 0 Å². The Morgan fingerprint density at radius 1 is 1.24 bits per heavy atom. The van der Waals surface area contributed by atoms with Gasteiger partial charge in [-0.25, -0.2) is 13.1 Å². The van der Waals surface area contributed by atoms with Crippen molar-refractivity contribution in [2.24, 2.45) is 0 Å². The average molecular weight is 415 g/mol. The van der Waals surface area contributed by atoms with Crippen LogP contribution in [0.2, 0.25) is 0 Å². The van der Waals surface area contributed by atoms with Crippen molar-refractivity contribution in [3.8, 4) is 5.69 Å². The Labute approximate surface area is 167 Å². The van der Waals surface area contributed by atoms with Gasteiger partial charge in [-0.15, -0.1) is 5.10 Å². The van der Waals surface area contributed by atoms with Crippen molar-refractivity contribution in [3.05, 3.63) is 47.5 Å². The minimum atomic E-state index is -3.00. The van der Waals surface area contributed by atoms with E-state index in [-0.39, 0.29) is 29.9 Å². The van der Waals surface area contributed by atoms with Crippen LogP contribution in [-0.2, 0) is 21.1 Å². The van der Waals surface area contributed by atoms with Gasteiger partial charge >= 0.3 is 0 Å². The van der Waals surface area contributed by atoms with E-state index in [1.807, 2.05) is 13.8 Å². The number of benzene rings is 1. The summed E-state index contributed by atoms with van der Waals surface area (Å²) in [5, 5.41) is 18.4. The molecule has 1 saturated heterocycles. The van der Waals surface area contributed by atoms with Crippen LogP contribution in [0.3, 0.4) is 0 Å². The van der Waals surface area contributed by atoms with Crippen LogP contribution < -0.4 is 5.32 Å². The summed E-state index contributed by atoms with van der Waals surface area (Å²) in [7, 11) is -3.00. The number of rotatable bonds is 5. The van der Waals surface area contributed by atoms with Gasteiger partial charge in [0.1, 0.15) is 6.33 Å². The Morgan fingerprint density at radius 2 is 2.00 bits per heavy atom. The Balaban J connectivity index is 1.45. The highest BCUT2D eigenvalue weighted by molar-refractivity contribution is 7.91. The molecule has 10 nitrogen and oxygen atoms in total. The highest BCUT2D eigenvalue weighted by atomic mass is 32.2. The maximum atomic E-state index is 12.6. The summed E-state index contributed by atoms with van der Waals surface area (Å²) in [6, 6.07) is 7.01. The predicted octanol–water partition coefficient (Wildman–Crippen LogP) is 1.02. The molecule has 152 valence electrons. The second-order valence-corrected chi connectivity index (χ2v) is 9.41. The van der Waals surface area contributed by atoms with Crippen LogP contribution in [0.5, 0.6) is 0 Å². The number of aromatic nitrogens is 6. The number of carbonyl (C=O) groups is 1. The zero-order valence-corrected chi connectivity index (χ0v) is 16.9. The van der Waals surface area contributed by atoms with E-state index in [0.29, 0.717) is 12.1 Å².